The van der Waals surface area contributed by atoms with Gasteiger partial charge < -0.3 is 4.74 Å². The van der Waals surface area contributed by atoms with E-state index in [1.165, 1.54) is 12.3 Å². The van der Waals surface area contributed by atoms with Gasteiger partial charge in [0.15, 0.2) is 0 Å². The van der Waals surface area contributed by atoms with Crippen molar-refractivity contribution in [1.29, 1.82) is 0 Å². The number of hydrogen-bond donors (Lipinski definition) is 0. The van der Waals surface area contributed by atoms with Gasteiger partial charge in [0, 0.05) is 6.20 Å². The molecule has 0 radical (unpaired) electrons. The highest BCUT2D eigenvalue weighted by Crippen LogP contribution is 2.24. The largest absolute Gasteiger partial charge is 0.459 e. The molecule has 3 nitrogen and oxygen atoms in total. The van der Waals surface area contributed by atoms with Crippen molar-refractivity contribution in [3.05, 3.63) is 28.0 Å². The molecule has 1 aromatic heterocycles. The van der Waals surface area contributed by atoms with Gasteiger partial charge in [-0.2, -0.15) is 0 Å². The Morgan fingerprint density at radius 1 is 1.47 bits per heavy atom. The van der Waals surface area contributed by atoms with Crippen molar-refractivity contribution in [2.24, 2.45) is 0 Å². The number of ether oxygens (including phenoxy) is 1. The third kappa shape index (κ3) is 2.41. The predicted molar refractivity (Wildman–Crippen MR) is 57.3 cm³/mol. The predicted octanol–water partition coefficient (Wildman–Crippen LogP) is 3.10. The molecule has 1 heterocycles. The lowest BCUT2D eigenvalue weighted by Crippen LogP contribution is -2.25. The molecule has 0 atom stereocenters. The Morgan fingerprint density at radius 2 is 2.20 bits per heavy atom. The first-order chi connectivity index (χ1) is 7.16. The van der Waals surface area contributed by atoms with Gasteiger partial charge in [0.05, 0.1) is 10.6 Å². The van der Waals surface area contributed by atoms with Gasteiger partial charge >= 0.3 is 5.97 Å². The van der Waals surface area contributed by atoms with Crippen molar-refractivity contribution in [3.63, 3.8) is 0 Å². The molecule has 80 valence electrons. The second kappa shape index (κ2) is 4.37. The minimum Gasteiger partial charge on any atom is -0.459 e. The molecule has 0 spiro atoms. The van der Waals surface area contributed by atoms with Gasteiger partial charge in [0.25, 0.3) is 0 Å². The average Bonchev–Trinajstić information content (AvgIpc) is 2.15. The smallest absolute Gasteiger partial charge is 0.340 e. The molecule has 0 amide bonds. The zero-order chi connectivity index (χ0) is 10.8. The van der Waals surface area contributed by atoms with Crippen LogP contribution in [0.4, 0.5) is 0 Å². The summed E-state index contributed by atoms with van der Waals surface area (Å²) in [4.78, 5) is 15.3. The molecular weight excluding hydrogens is 237 g/mol. The van der Waals surface area contributed by atoms with Crippen LogP contribution < -0.4 is 0 Å². The van der Waals surface area contributed by atoms with E-state index in [1.807, 2.05) is 0 Å². The normalized spacial score (nSPS) is 15.9. The highest BCUT2D eigenvalue weighted by Gasteiger charge is 2.22. The van der Waals surface area contributed by atoms with Crippen LogP contribution in [0.1, 0.15) is 29.6 Å². The molecular formula is C10H9Cl2NO2. The zero-order valence-electron chi connectivity index (χ0n) is 7.87. The maximum absolute atomic E-state index is 11.5. The van der Waals surface area contributed by atoms with E-state index in [-0.39, 0.29) is 22.2 Å². The molecule has 0 aromatic carbocycles. The van der Waals surface area contributed by atoms with Gasteiger partial charge in [-0.3, -0.25) is 0 Å². The Labute approximate surface area is 97.4 Å². The number of carbonyl (C=O) groups is 1. The highest BCUT2D eigenvalue weighted by molar-refractivity contribution is 6.41. The van der Waals surface area contributed by atoms with E-state index in [2.05, 4.69) is 4.98 Å². The number of hydrogen-bond acceptors (Lipinski definition) is 3. The van der Waals surface area contributed by atoms with Gasteiger partial charge in [0.1, 0.15) is 11.3 Å². The average molecular weight is 246 g/mol. The minimum atomic E-state index is -0.384. The van der Waals surface area contributed by atoms with Crippen LogP contribution in [-0.4, -0.2) is 17.1 Å². The Kier molecular flexibility index (Phi) is 3.12. The van der Waals surface area contributed by atoms with Gasteiger partial charge in [-0.15, -0.1) is 0 Å². The fourth-order valence-electron chi connectivity index (χ4n) is 1.24. The Morgan fingerprint density at radius 3 is 2.73 bits per heavy atom. The van der Waals surface area contributed by atoms with Crippen molar-refractivity contribution in [2.45, 2.75) is 25.4 Å². The lowest BCUT2D eigenvalue weighted by Gasteiger charge is -2.25. The number of esters is 1. The molecule has 1 fully saturated rings. The van der Waals surface area contributed by atoms with E-state index in [0.29, 0.717) is 5.56 Å². The quantitative estimate of drug-likeness (QED) is 0.594. The van der Waals surface area contributed by atoms with Crippen LogP contribution in [0.3, 0.4) is 0 Å². The first-order valence-corrected chi connectivity index (χ1v) is 5.44. The van der Waals surface area contributed by atoms with Crippen LogP contribution in [0, 0.1) is 0 Å². The molecule has 5 heteroatoms. The van der Waals surface area contributed by atoms with E-state index < -0.39 is 0 Å². The van der Waals surface area contributed by atoms with Crippen LogP contribution in [0.5, 0.6) is 0 Å². The van der Waals surface area contributed by atoms with Gasteiger partial charge in [0.2, 0.25) is 0 Å². The third-order valence-electron chi connectivity index (χ3n) is 2.36. The van der Waals surface area contributed by atoms with Crippen molar-refractivity contribution in [2.75, 3.05) is 0 Å². The summed E-state index contributed by atoms with van der Waals surface area (Å²) >= 11 is 11.4. The maximum atomic E-state index is 11.5. The fourth-order valence-corrected chi connectivity index (χ4v) is 1.51. The lowest BCUT2D eigenvalue weighted by atomic mass is 9.96. The Bertz CT molecular complexity index is 391. The monoisotopic (exact) mass is 245 g/mol. The molecule has 15 heavy (non-hydrogen) atoms. The second-order valence-electron chi connectivity index (χ2n) is 3.45. The summed E-state index contributed by atoms with van der Waals surface area (Å²) in [6.07, 6.45) is 4.44. The summed E-state index contributed by atoms with van der Waals surface area (Å²) in [5.41, 5.74) is 0.344. The first-order valence-electron chi connectivity index (χ1n) is 4.69. The summed E-state index contributed by atoms with van der Waals surface area (Å²) in [5, 5.41) is 0.455. The number of carbonyl (C=O) groups excluding carboxylic acids is 1. The minimum absolute atomic E-state index is 0.0620. The summed E-state index contributed by atoms with van der Waals surface area (Å²) < 4.78 is 5.19. The number of halogens is 2. The number of rotatable bonds is 2. The molecule has 1 saturated carbocycles. The van der Waals surface area contributed by atoms with E-state index >= 15 is 0 Å². The third-order valence-corrected chi connectivity index (χ3v) is 3.04. The molecule has 1 aromatic rings. The molecule has 2 rings (SSSR count). The number of nitrogens with zero attached hydrogens (tertiary/aromatic N) is 1. The second-order valence-corrected chi connectivity index (χ2v) is 4.22. The molecule has 1 aliphatic carbocycles. The van der Waals surface area contributed by atoms with Crippen molar-refractivity contribution in [1.82, 2.24) is 4.98 Å². The summed E-state index contributed by atoms with van der Waals surface area (Å²) in [7, 11) is 0. The molecule has 1 aliphatic rings. The van der Waals surface area contributed by atoms with Crippen LogP contribution in [0.2, 0.25) is 10.2 Å². The molecule has 0 unspecified atom stereocenters. The van der Waals surface area contributed by atoms with E-state index in [4.69, 9.17) is 27.9 Å². The summed E-state index contributed by atoms with van der Waals surface area (Å²) in [6.45, 7) is 0. The van der Waals surface area contributed by atoms with Crippen molar-refractivity contribution >= 4 is 29.2 Å². The van der Waals surface area contributed by atoms with Crippen LogP contribution in [-0.2, 0) is 4.74 Å². The SMILES string of the molecule is O=C(OC1CCC1)c1cnc(Cl)c(Cl)c1. The molecule has 0 N–H and O–H groups in total. The van der Waals surface area contributed by atoms with Crippen LogP contribution in [0.25, 0.3) is 0 Å². The molecule has 0 aliphatic heterocycles. The van der Waals surface area contributed by atoms with E-state index in [1.54, 1.807) is 0 Å². The summed E-state index contributed by atoms with van der Waals surface area (Å²) in [5.74, 6) is -0.384. The Balaban J connectivity index is 2.07. The molecule has 0 saturated heterocycles. The standard InChI is InChI=1S/C10H9Cl2NO2/c11-8-4-6(5-13-9(8)12)10(14)15-7-2-1-3-7/h4-5,7H,1-3H2. The van der Waals surface area contributed by atoms with Crippen molar-refractivity contribution < 1.29 is 9.53 Å². The van der Waals surface area contributed by atoms with Gasteiger partial charge in [-0.1, -0.05) is 23.2 Å². The van der Waals surface area contributed by atoms with E-state index in [9.17, 15) is 4.79 Å². The van der Waals surface area contributed by atoms with Crippen LogP contribution in [0.15, 0.2) is 12.3 Å². The first kappa shape index (κ1) is 10.7. The maximum Gasteiger partial charge on any atom is 0.340 e. The van der Waals surface area contributed by atoms with Crippen molar-refractivity contribution in [3.8, 4) is 0 Å². The lowest BCUT2D eigenvalue weighted by molar-refractivity contribution is 0.00897. The van der Waals surface area contributed by atoms with Crippen LogP contribution >= 0.6 is 23.2 Å². The number of pyridine rings is 1. The van der Waals surface area contributed by atoms with E-state index in [0.717, 1.165) is 19.3 Å². The number of aromatic nitrogens is 1. The zero-order valence-corrected chi connectivity index (χ0v) is 9.38. The highest BCUT2D eigenvalue weighted by atomic mass is 35.5. The topological polar surface area (TPSA) is 39.2 Å². The van der Waals surface area contributed by atoms with Gasteiger partial charge in [-0.05, 0) is 25.3 Å². The molecule has 0 bridgehead atoms. The van der Waals surface area contributed by atoms with Gasteiger partial charge in [-0.25, -0.2) is 9.78 Å². The summed E-state index contributed by atoms with van der Waals surface area (Å²) in [6, 6.07) is 1.47. The fraction of sp³-hybridized carbons (Fsp3) is 0.400. The Hall–Kier alpha value is -0.800.